The SMILES string of the molecule is CCC(CN)CN(C)c1ccc2c(c1)OCO2. The quantitative estimate of drug-likeness (QED) is 0.847. The van der Waals surface area contributed by atoms with Crippen LogP contribution in [-0.2, 0) is 0 Å². The molecule has 0 aromatic heterocycles. The van der Waals surface area contributed by atoms with Crippen molar-refractivity contribution in [2.45, 2.75) is 13.3 Å². The Balaban J connectivity index is 2.06. The van der Waals surface area contributed by atoms with Gasteiger partial charge in [0.15, 0.2) is 11.5 Å². The number of fused-ring (bicyclic) bond motifs is 1. The summed E-state index contributed by atoms with van der Waals surface area (Å²) in [6.07, 6.45) is 1.10. The summed E-state index contributed by atoms with van der Waals surface area (Å²) in [6, 6.07) is 6.03. The lowest BCUT2D eigenvalue weighted by Gasteiger charge is -2.24. The molecule has 4 nitrogen and oxygen atoms in total. The molecule has 1 heterocycles. The summed E-state index contributed by atoms with van der Waals surface area (Å²) in [5.74, 6) is 2.19. The molecule has 94 valence electrons. The van der Waals surface area contributed by atoms with Gasteiger partial charge in [0.25, 0.3) is 0 Å². The number of rotatable bonds is 5. The number of nitrogens with two attached hydrogens (primary N) is 1. The summed E-state index contributed by atoms with van der Waals surface area (Å²) in [5, 5.41) is 0. The van der Waals surface area contributed by atoms with Crippen molar-refractivity contribution in [1.82, 2.24) is 0 Å². The zero-order valence-electron chi connectivity index (χ0n) is 10.5. The highest BCUT2D eigenvalue weighted by atomic mass is 16.7. The van der Waals surface area contributed by atoms with Crippen LogP contribution >= 0.6 is 0 Å². The molecular weight excluding hydrogens is 216 g/mol. The van der Waals surface area contributed by atoms with Gasteiger partial charge in [0.05, 0.1) is 0 Å². The van der Waals surface area contributed by atoms with Crippen LogP contribution in [0.25, 0.3) is 0 Å². The third-order valence-electron chi connectivity index (χ3n) is 3.24. The molecular formula is C13H20N2O2. The Hall–Kier alpha value is -1.42. The van der Waals surface area contributed by atoms with E-state index in [-0.39, 0.29) is 0 Å². The number of hydrogen-bond acceptors (Lipinski definition) is 4. The Morgan fingerprint density at radius 1 is 1.35 bits per heavy atom. The molecule has 0 amide bonds. The highest BCUT2D eigenvalue weighted by Crippen LogP contribution is 2.35. The summed E-state index contributed by atoms with van der Waals surface area (Å²) >= 11 is 0. The Bertz CT molecular complexity index is 378. The van der Waals surface area contributed by atoms with E-state index in [9.17, 15) is 0 Å². The minimum Gasteiger partial charge on any atom is -0.454 e. The first-order chi connectivity index (χ1) is 8.24. The van der Waals surface area contributed by atoms with Gasteiger partial charge in [0.2, 0.25) is 6.79 Å². The second-order valence-corrected chi connectivity index (χ2v) is 4.43. The molecule has 2 N–H and O–H groups in total. The van der Waals surface area contributed by atoms with Crippen molar-refractivity contribution >= 4 is 5.69 Å². The van der Waals surface area contributed by atoms with E-state index < -0.39 is 0 Å². The molecule has 1 aromatic carbocycles. The van der Waals surface area contributed by atoms with E-state index in [2.05, 4.69) is 24.9 Å². The molecule has 1 aromatic rings. The van der Waals surface area contributed by atoms with Crippen molar-refractivity contribution in [1.29, 1.82) is 0 Å². The number of ether oxygens (including phenoxy) is 2. The van der Waals surface area contributed by atoms with E-state index in [0.717, 1.165) is 36.7 Å². The minimum atomic E-state index is 0.322. The average molecular weight is 236 g/mol. The van der Waals surface area contributed by atoms with Gasteiger partial charge >= 0.3 is 0 Å². The predicted octanol–water partition coefficient (Wildman–Crippen LogP) is 1.84. The predicted molar refractivity (Wildman–Crippen MR) is 68.7 cm³/mol. The first-order valence-corrected chi connectivity index (χ1v) is 6.05. The Morgan fingerprint density at radius 3 is 2.82 bits per heavy atom. The van der Waals surface area contributed by atoms with Crippen LogP contribution in [0.1, 0.15) is 13.3 Å². The standard InChI is InChI=1S/C13H20N2O2/c1-3-10(7-14)8-15(2)11-4-5-12-13(6-11)17-9-16-12/h4-6,10H,3,7-9,14H2,1-2H3. The fourth-order valence-electron chi connectivity index (χ4n) is 1.99. The molecule has 2 rings (SSSR count). The third-order valence-corrected chi connectivity index (χ3v) is 3.24. The van der Waals surface area contributed by atoms with Crippen LogP contribution < -0.4 is 20.1 Å². The zero-order valence-corrected chi connectivity index (χ0v) is 10.5. The second kappa shape index (κ2) is 5.27. The smallest absolute Gasteiger partial charge is 0.231 e. The summed E-state index contributed by atoms with van der Waals surface area (Å²) in [4.78, 5) is 2.21. The van der Waals surface area contributed by atoms with E-state index in [1.807, 2.05) is 12.1 Å². The van der Waals surface area contributed by atoms with Gasteiger partial charge in [-0.05, 0) is 24.6 Å². The van der Waals surface area contributed by atoms with Gasteiger partial charge in [-0.2, -0.15) is 0 Å². The molecule has 4 heteroatoms. The number of hydrogen-bond donors (Lipinski definition) is 1. The molecule has 17 heavy (non-hydrogen) atoms. The number of anilines is 1. The van der Waals surface area contributed by atoms with Gasteiger partial charge < -0.3 is 20.1 Å². The minimum absolute atomic E-state index is 0.322. The molecule has 0 bridgehead atoms. The van der Waals surface area contributed by atoms with E-state index in [1.54, 1.807) is 0 Å². The molecule has 0 aliphatic carbocycles. The fourth-order valence-corrected chi connectivity index (χ4v) is 1.99. The second-order valence-electron chi connectivity index (χ2n) is 4.43. The monoisotopic (exact) mass is 236 g/mol. The van der Waals surface area contributed by atoms with Crippen LogP contribution in [0.2, 0.25) is 0 Å². The average Bonchev–Trinajstić information content (AvgIpc) is 2.82. The number of benzene rings is 1. The molecule has 1 atom stereocenters. The molecule has 1 aliphatic rings. The highest BCUT2D eigenvalue weighted by molar-refractivity contribution is 5.56. The van der Waals surface area contributed by atoms with Gasteiger partial charge in [-0.3, -0.25) is 0 Å². The van der Waals surface area contributed by atoms with Crippen LogP contribution in [0.15, 0.2) is 18.2 Å². The third kappa shape index (κ3) is 2.64. The molecule has 0 radical (unpaired) electrons. The van der Waals surface area contributed by atoms with E-state index in [4.69, 9.17) is 15.2 Å². The van der Waals surface area contributed by atoms with Crippen molar-refractivity contribution in [3.8, 4) is 11.5 Å². The molecule has 1 aliphatic heterocycles. The van der Waals surface area contributed by atoms with Gasteiger partial charge in [0, 0.05) is 25.3 Å². The lowest BCUT2D eigenvalue weighted by Crippen LogP contribution is -2.29. The number of nitrogens with zero attached hydrogens (tertiary/aromatic N) is 1. The molecule has 1 unspecified atom stereocenters. The maximum atomic E-state index is 5.73. The van der Waals surface area contributed by atoms with Crippen molar-refractivity contribution in [3.63, 3.8) is 0 Å². The van der Waals surface area contributed by atoms with Gasteiger partial charge in [-0.15, -0.1) is 0 Å². The lowest BCUT2D eigenvalue weighted by atomic mass is 10.1. The summed E-state index contributed by atoms with van der Waals surface area (Å²) in [5.41, 5.74) is 6.87. The van der Waals surface area contributed by atoms with Gasteiger partial charge in [-0.25, -0.2) is 0 Å². The van der Waals surface area contributed by atoms with E-state index in [0.29, 0.717) is 12.7 Å². The van der Waals surface area contributed by atoms with Crippen molar-refractivity contribution < 1.29 is 9.47 Å². The maximum absolute atomic E-state index is 5.73. The molecule has 0 fully saturated rings. The van der Waals surface area contributed by atoms with Crippen molar-refractivity contribution in [3.05, 3.63) is 18.2 Å². The lowest BCUT2D eigenvalue weighted by molar-refractivity contribution is 0.174. The van der Waals surface area contributed by atoms with Crippen LogP contribution in [0.5, 0.6) is 11.5 Å². The Morgan fingerprint density at radius 2 is 2.12 bits per heavy atom. The van der Waals surface area contributed by atoms with E-state index >= 15 is 0 Å². The maximum Gasteiger partial charge on any atom is 0.231 e. The van der Waals surface area contributed by atoms with Crippen LogP contribution in [0.4, 0.5) is 5.69 Å². The topological polar surface area (TPSA) is 47.7 Å². The van der Waals surface area contributed by atoms with Gasteiger partial charge in [0.1, 0.15) is 0 Å². The van der Waals surface area contributed by atoms with Crippen LogP contribution in [0, 0.1) is 5.92 Å². The largest absolute Gasteiger partial charge is 0.454 e. The van der Waals surface area contributed by atoms with E-state index in [1.165, 1.54) is 0 Å². The van der Waals surface area contributed by atoms with Crippen LogP contribution in [0.3, 0.4) is 0 Å². The zero-order chi connectivity index (χ0) is 12.3. The Kier molecular flexibility index (Phi) is 3.74. The molecule has 0 spiro atoms. The highest BCUT2D eigenvalue weighted by Gasteiger charge is 2.15. The summed E-state index contributed by atoms with van der Waals surface area (Å²) in [7, 11) is 2.08. The fraction of sp³-hybridized carbons (Fsp3) is 0.538. The van der Waals surface area contributed by atoms with Crippen molar-refractivity contribution in [2.24, 2.45) is 11.7 Å². The molecule has 0 saturated heterocycles. The first kappa shape index (κ1) is 12.0. The summed E-state index contributed by atoms with van der Waals surface area (Å²) < 4.78 is 10.7. The summed E-state index contributed by atoms with van der Waals surface area (Å²) in [6.45, 7) is 4.19. The Labute approximate surface area is 102 Å². The first-order valence-electron chi connectivity index (χ1n) is 6.05. The van der Waals surface area contributed by atoms with Crippen LogP contribution in [-0.4, -0.2) is 26.9 Å². The molecule has 0 saturated carbocycles. The van der Waals surface area contributed by atoms with Gasteiger partial charge in [-0.1, -0.05) is 13.3 Å². The van der Waals surface area contributed by atoms with Crippen molar-refractivity contribution in [2.75, 3.05) is 31.8 Å². The normalized spacial score (nSPS) is 14.8.